The molecule has 1 heterocycles. The first-order chi connectivity index (χ1) is 9.60. The molecule has 2 N–H and O–H groups in total. The number of benzene rings is 1. The van der Waals surface area contributed by atoms with Crippen LogP contribution in [-0.2, 0) is 0 Å². The molecule has 2 rings (SSSR count). The van der Waals surface area contributed by atoms with Crippen molar-refractivity contribution in [3.63, 3.8) is 0 Å². The highest BCUT2D eigenvalue weighted by molar-refractivity contribution is 9.10. The van der Waals surface area contributed by atoms with Gasteiger partial charge in [0.05, 0.1) is 0 Å². The SMILES string of the molecule is CCCNc1ncnc(Nc2cc(Cl)cc(Cl)c2)c1Br. The molecule has 7 heteroatoms. The van der Waals surface area contributed by atoms with Crippen molar-refractivity contribution in [2.24, 2.45) is 0 Å². The van der Waals surface area contributed by atoms with Gasteiger partial charge >= 0.3 is 0 Å². The molecular formula is C13H13BrCl2N4. The summed E-state index contributed by atoms with van der Waals surface area (Å²) in [5.74, 6) is 1.40. The van der Waals surface area contributed by atoms with Crippen LogP contribution in [-0.4, -0.2) is 16.5 Å². The third kappa shape index (κ3) is 3.98. The number of anilines is 3. The summed E-state index contributed by atoms with van der Waals surface area (Å²) in [4.78, 5) is 8.40. The number of hydrogen-bond acceptors (Lipinski definition) is 4. The summed E-state index contributed by atoms with van der Waals surface area (Å²) < 4.78 is 0.768. The number of rotatable bonds is 5. The van der Waals surface area contributed by atoms with Gasteiger partial charge in [0.25, 0.3) is 0 Å². The summed E-state index contributed by atoms with van der Waals surface area (Å²) in [6, 6.07) is 5.24. The highest BCUT2D eigenvalue weighted by Gasteiger charge is 2.09. The summed E-state index contributed by atoms with van der Waals surface area (Å²) >= 11 is 15.4. The van der Waals surface area contributed by atoms with E-state index in [2.05, 4.69) is 43.5 Å². The van der Waals surface area contributed by atoms with Gasteiger partial charge < -0.3 is 10.6 Å². The lowest BCUT2D eigenvalue weighted by Gasteiger charge is -2.11. The van der Waals surface area contributed by atoms with Crippen LogP contribution < -0.4 is 10.6 Å². The topological polar surface area (TPSA) is 49.8 Å². The van der Waals surface area contributed by atoms with Gasteiger partial charge in [-0.05, 0) is 40.5 Å². The lowest BCUT2D eigenvalue weighted by Crippen LogP contribution is -2.05. The number of aromatic nitrogens is 2. The van der Waals surface area contributed by atoms with Gasteiger partial charge in [-0.3, -0.25) is 0 Å². The van der Waals surface area contributed by atoms with Crippen molar-refractivity contribution in [1.82, 2.24) is 9.97 Å². The van der Waals surface area contributed by atoms with Crippen molar-refractivity contribution in [1.29, 1.82) is 0 Å². The zero-order valence-corrected chi connectivity index (χ0v) is 13.8. The van der Waals surface area contributed by atoms with Crippen molar-refractivity contribution in [3.8, 4) is 0 Å². The average molecular weight is 376 g/mol. The third-order valence-electron chi connectivity index (χ3n) is 2.46. The molecule has 0 unspecified atom stereocenters. The predicted octanol–water partition coefficient (Wildman–Crippen LogP) is 5.11. The summed E-state index contributed by atoms with van der Waals surface area (Å²) in [5, 5.41) is 7.51. The molecule has 4 nitrogen and oxygen atoms in total. The molecule has 0 spiro atoms. The van der Waals surface area contributed by atoms with Crippen LogP contribution in [0.2, 0.25) is 10.0 Å². The van der Waals surface area contributed by atoms with Crippen LogP contribution in [0.1, 0.15) is 13.3 Å². The molecule has 0 radical (unpaired) electrons. The molecule has 0 aliphatic rings. The molecule has 1 aromatic heterocycles. The Kier molecular flexibility index (Phi) is 5.46. The molecule has 0 fully saturated rings. The Morgan fingerprint density at radius 1 is 1.10 bits per heavy atom. The zero-order chi connectivity index (χ0) is 14.5. The van der Waals surface area contributed by atoms with E-state index in [0.29, 0.717) is 15.9 Å². The first-order valence-corrected chi connectivity index (χ1v) is 7.62. The summed E-state index contributed by atoms with van der Waals surface area (Å²) in [7, 11) is 0. The largest absolute Gasteiger partial charge is 0.369 e. The van der Waals surface area contributed by atoms with E-state index in [-0.39, 0.29) is 0 Å². The normalized spacial score (nSPS) is 10.4. The summed E-state index contributed by atoms with van der Waals surface area (Å²) in [6.07, 6.45) is 2.51. The van der Waals surface area contributed by atoms with E-state index in [4.69, 9.17) is 23.2 Å². The maximum Gasteiger partial charge on any atom is 0.150 e. The molecule has 0 saturated heterocycles. The lowest BCUT2D eigenvalue weighted by molar-refractivity contribution is 0.962. The van der Waals surface area contributed by atoms with Gasteiger partial charge in [0.2, 0.25) is 0 Å². The van der Waals surface area contributed by atoms with Crippen LogP contribution in [0.3, 0.4) is 0 Å². The maximum absolute atomic E-state index is 5.97. The number of hydrogen-bond donors (Lipinski definition) is 2. The van der Waals surface area contributed by atoms with Gasteiger partial charge in [-0.1, -0.05) is 30.1 Å². The van der Waals surface area contributed by atoms with Gasteiger partial charge in [0.15, 0.2) is 0 Å². The monoisotopic (exact) mass is 374 g/mol. The van der Waals surface area contributed by atoms with Crippen LogP contribution >= 0.6 is 39.1 Å². The molecular weight excluding hydrogens is 363 g/mol. The lowest BCUT2D eigenvalue weighted by atomic mass is 10.3. The van der Waals surface area contributed by atoms with Crippen LogP contribution in [0.15, 0.2) is 29.0 Å². The molecule has 20 heavy (non-hydrogen) atoms. The Bertz CT molecular complexity index is 587. The fraction of sp³-hybridized carbons (Fsp3) is 0.231. The minimum atomic E-state index is 0.564. The quantitative estimate of drug-likeness (QED) is 0.762. The highest BCUT2D eigenvalue weighted by atomic mass is 79.9. The fourth-order valence-corrected chi connectivity index (χ4v) is 2.56. The molecule has 0 bridgehead atoms. The molecule has 0 aliphatic heterocycles. The van der Waals surface area contributed by atoms with Crippen LogP contribution in [0.4, 0.5) is 17.3 Å². The smallest absolute Gasteiger partial charge is 0.150 e. The first kappa shape index (κ1) is 15.4. The second-order valence-electron chi connectivity index (χ2n) is 4.09. The zero-order valence-electron chi connectivity index (χ0n) is 10.8. The van der Waals surface area contributed by atoms with E-state index in [1.807, 2.05) is 0 Å². The van der Waals surface area contributed by atoms with E-state index in [9.17, 15) is 0 Å². The predicted molar refractivity (Wildman–Crippen MR) is 88.3 cm³/mol. The third-order valence-corrected chi connectivity index (χ3v) is 3.64. The molecule has 0 saturated carbocycles. The fourth-order valence-electron chi connectivity index (χ4n) is 1.59. The van der Waals surface area contributed by atoms with Gasteiger partial charge in [0.1, 0.15) is 22.4 Å². The van der Waals surface area contributed by atoms with Crippen molar-refractivity contribution < 1.29 is 0 Å². The van der Waals surface area contributed by atoms with Gasteiger partial charge in [0, 0.05) is 22.3 Å². The molecule has 0 amide bonds. The van der Waals surface area contributed by atoms with Crippen molar-refractivity contribution in [2.45, 2.75) is 13.3 Å². The van der Waals surface area contributed by atoms with E-state index < -0.39 is 0 Å². The van der Waals surface area contributed by atoms with Crippen molar-refractivity contribution >= 4 is 56.5 Å². The Morgan fingerprint density at radius 2 is 1.75 bits per heavy atom. The maximum atomic E-state index is 5.97. The molecule has 106 valence electrons. The van der Waals surface area contributed by atoms with E-state index in [0.717, 1.165) is 28.9 Å². The van der Waals surface area contributed by atoms with Crippen LogP contribution in [0.5, 0.6) is 0 Å². The van der Waals surface area contributed by atoms with Gasteiger partial charge in [-0.15, -0.1) is 0 Å². The Hall–Kier alpha value is -1.04. The summed E-state index contributed by atoms with van der Waals surface area (Å²) in [5.41, 5.74) is 0.767. The van der Waals surface area contributed by atoms with Crippen LogP contribution in [0, 0.1) is 0 Å². The standard InChI is InChI=1S/C13H13BrCl2N4/c1-2-3-17-12-11(14)13(19-7-18-12)20-10-5-8(15)4-9(16)6-10/h4-7H,2-3H2,1H3,(H2,17,18,19,20). The van der Waals surface area contributed by atoms with Crippen LogP contribution in [0.25, 0.3) is 0 Å². The van der Waals surface area contributed by atoms with Crippen molar-refractivity contribution in [3.05, 3.63) is 39.0 Å². The number of halogens is 3. The number of nitrogens with one attached hydrogen (secondary N) is 2. The Labute approximate surface area is 136 Å². The summed E-state index contributed by atoms with van der Waals surface area (Å²) in [6.45, 7) is 2.94. The average Bonchev–Trinajstić information content (AvgIpc) is 2.38. The molecule has 1 aromatic carbocycles. The van der Waals surface area contributed by atoms with Crippen molar-refractivity contribution in [2.75, 3.05) is 17.2 Å². The van der Waals surface area contributed by atoms with Gasteiger partial charge in [-0.25, -0.2) is 9.97 Å². The second-order valence-corrected chi connectivity index (χ2v) is 5.76. The van der Waals surface area contributed by atoms with Gasteiger partial charge in [-0.2, -0.15) is 0 Å². The number of nitrogens with zero attached hydrogens (tertiary/aromatic N) is 2. The van der Waals surface area contributed by atoms with E-state index in [1.54, 1.807) is 18.2 Å². The Morgan fingerprint density at radius 3 is 2.40 bits per heavy atom. The molecule has 2 aromatic rings. The Balaban J connectivity index is 2.24. The van der Waals surface area contributed by atoms with E-state index in [1.165, 1.54) is 6.33 Å². The van der Waals surface area contributed by atoms with E-state index >= 15 is 0 Å². The first-order valence-electron chi connectivity index (χ1n) is 6.07. The minimum absolute atomic E-state index is 0.564. The molecule has 0 atom stereocenters. The highest BCUT2D eigenvalue weighted by Crippen LogP contribution is 2.31. The second kappa shape index (κ2) is 7.11. The molecule has 0 aliphatic carbocycles. The minimum Gasteiger partial charge on any atom is -0.369 e.